The van der Waals surface area contributed by atoms with Crippen molar-refractivity contribution in [2.24, 2.45) is 0 Å². The molecule has 3 aromatic rings. The van der Waals surface area contributed by atoms with Gasteiger partial charge in [0.2, 0.25) is 5.82 Å². The number of esters is 1. The molecule has 0 aliphatic rings. The first-order chi connectivity index (χ1) is 14.6. The molecule has 3 rings (SSSR count). The highest BCUT2D eigenvalue weighted by atomic mass is 35.5. The maximum atomic E-state index is 12.6. The smallest absolute Gasteiger partial charge is 0.329 e. The van der Waals surface area contributed by atoms with Gasteiger partial charge in [0.15, 0.2) is 6.61 Å². The number of nitrogens with one attached hydrogen (secondary N) is 1. The number of hydrogen-bond acceptors (Lipinski definition) is 7. The number of nitrogens with zero attached hydrogens (tertiary/aromatic N) is 2. The molecular weight excluding hydrogens is 426 g/mol. The third-order valence-electron chi connectivity index (χ3n) is 4.16. The Morgan fingerprint density at radius 1 is 1.17 bits per heavy atom. The van der Waals surface area contributed by atoms with Crippen molar-refractivity contribution in [2.45, 2.75) is 19.1 Å². The fourth-order valence-corrected chi connectivity index (χ4v) is 3.31. The Kier molecular flexibility index (Phi) is 7.87. The standard InChI is InChI=1S/C21H20ClN3O4S/c1-30-12-11-17(23-20(26)15-9-5-6-10-16(15)22)21(27)28-13-18-24-19(25-29-18)14-7-3-2-4-8-14/h2-10,17H,11-13H2,1H3,(H,23,26). The van der Waals surface area contributed by atoms with Gasteiger partial charge in [0, 0.05) is 5.56 Å². The van der Waals surface area contributed by atoms with Crippen LogP contribution in [0.4, 0.5) is 0 Å². The van der Waals surface area contributed by atoms with E-state index in [1.54, 1.807) is 36.0 Å². The second kappa shape index (κ2) is 10.8. The zero-order valence-electron chi connectivity index (χ0n) is 16.2. The topological polar surface area (TPSA) is 94.3 Å². The molecule has 0 saturated heterocycles. The molecule has 0 saturated carbocycles. The monoisotopic (exact) mass is 445 g/mol. The first kappa shape index (κ1) is 21.9. The molecule has 0 radical (unpaired) electrons. The molecule has 156 valence electrons. The number of carbonyl (C=O) groups is 2. The van der Waals surface area contributed by atoms with Crippen molar-refractivity contribution < 1.29 is 18.8 Å². The van der Waals surface area contributed by atoms with Gasteiger partial charge >= 0.3 is 5.97 Å². The number of amides is 1. The van der Waals surface area contributed by atoms with Crippen LogP contribution in [0.1, 0.15) is 22.7 Å². The molecular formula is C21H20ClN3O4S. The van der Waals surface area contributed by atoms with Gasteiger partial charge in [0.25, 0.3) is 11.8 Å². The Balaban J connectivity index is 1.62. The lowest BCUT2D eigenvalue weighted by atomic mass is 10.1. The van der Waals surface area contributed by atoms with E-state index in [0.29, 0.717) is 28.6 Å². The second-order valence-electron chi connectivity index (χ2n) is 6.27. The fraction of sp³-hybridized carbons (Fsp3) is 0.238. The predicted octanol–water partition coefficient (Wildman–Crippen LogP) is 3.98. The molecule has 30 heavy (non-hydrogen) atoms. The van der Waals surface area contributed by atoms with Gasteiger partial charge in [-0.1, -0.05) is 59.2 Å². The number of hydrogen-bond donors (Lipinski definition) is 1. The largest absolute Gasteiger partial charge is 0.454 e. The summed E-state index contributed by atoms with van der Waals surface area (Å²) < 4.78 is 10.5. The Hall–Kier alpha value is -2.84. The summed E-state index contributed by atoms with van der Waals surface area (Å²) in [5.41, 5.74) is 1.09. The average molecular weight is 446 g/mol. The first-order valence-corrected chi connectivity index (χ1v) is 10.9. The highest BCUT2D eigenvalue weighted by molar-refractivity contribution is 7.98. The van der Waals surface area contributed by atoms with Crippen molar-refractivity contribution in [3.05, 3.63) is 71.1 Å². The van der Waals surface area contributed by atoms with Crippen LogP contribution >= 0.6 is 23.4 Å². The van der Waals surface area contributed by atoms with E-state index in [-0.39, 0.29) is 12.5 Å². The summed E-state index contributed by atoms with van der Waals surface area (Å²) in [6.45, 7) is -0.184. The van der Waals surface area contributed by atoms with Crippen LogP contribution in [0.25, 0.3) is 11.4 Å². The highest BCUT2D eigenvalue weighted by Gasteiger charge is 2.24. The minimum atomic E-state index is -0.822. The van der Waals surface area contributed by atoms with Crippen molar-refractivity contribution in [1.29, 1.82) is 0 Å². The van der Waals surface area contributed by atoms with Crippen molar-refractivity contribution >= 4 is 35.2 Å². The molecule has 1 amide bonds. The number of aromatic nitrogens is 2. The molecule has 1 N–H and O–H groups in total. The molecule has 0 spiro atoms. The average Bonchev–Trinajstić information content (AvgIpc) is 3.25. The van der Waals surface area contributed by atoms with Crippen LogP contribution in [-0.2, 0) is 16.1 Å². The fourth-order valence-electron chi connectivity index (χ4n) is 2.62. The lowest BCUT2D eigenvalue weighted by Crippen LogP contribution is -2.42. The number of halogens is 1. The van der Waals surface area contributed by atoms with Gasteiger partial charge in [-0.25, -0.2) is 4.79 Å². The lowest BCUT2D eigenvalue weighted by molar-refractivity contribution is -0.148. The van der Waals surface area contributed by atoms with Crippen LogP contribution in [-0.4, -0.2) is 40.1 Å². The quantitative estimate of drug-likeness (QED) is 0.497. The van der Waals surface area contributed by atoms with Crippen molar-refractivity contribution in [1.82, 2.24) is 15.5 Å². The van der Waals surface area contributed by atoms with Gasteiger partial charge in [-0.2, -0.15) is 16.7 Å². The molecule has 0 aliphatic heterocycles. The zero-order valence-corrected chi connectivity index (χ0v) is 17.8. The number of thioether (sulfide) groups is 1. The zero-order chi connectivity index (χ0) is 21.3. The van der Waals surface area contributed by atoms with Crippen LogP contribution in [0.5, 0.6) is 0 Å². The predicted molar refractivity (Wildman–Crippen MR) is 115 cm³/mol. The summed E-state index contributed by atoms with van der Waals surface area (Å²) >= 11 is 7.63. The van der Waals surface area contributed by atoms with Gasteiger partial charge in [-0.3, -0.25) is 4.79 Å². The molecule has 9 heteroatoms. The van der Waals surface area contributed by atoms with Crippen LogP contribution in [0.2, 0.25) is 5.02 Å². The number of carbonyl (C=O) groups excluding carboxylic acids is 2. The maximum Gasteiger partial charge on any atom is 0.329 e. The molecule has 1 unspecified atom stereocenters. The normalized spacial score (nSPS) is 11.7. The van der Waals surface area contributed by atoms with Crippen LogP contribution in [0.15, 0.2) is 59.1 Å². The van der Waals surface area contributed by atoms with E-state index in [1.807, 2.05) is 36.6 Å². The molecule has 1 heterocycles. The van der Waals surface area contributed by atoms with Crippen molar-refractivity contribution in [3.63, 3.8) is 0 Å². The van der Waals surface area contributed by atoms with E-state index >= 15 is 0 Å². The SMILES string of the molecule is CSCCC(NC(=O)c1ccccc1Cl)C(=O)OCc1nc(-c2ccccc2)no1. The highest BCUT2D eigenvalue weighted by Crippen LogP contribution is 2.17. The first-order valence-electron chi connectivity index (χ1n) is 9.17. The Morgan fingerprint density at radius 3 is 2.63 bits per heavy atom. The van der Waals surface area contributed by atoms with E-state index in [2.05, 4.69) is 15.5 Å². The van der Waals surface area contributed by atoms with Crippen LogP contribution in [0, 0.1) is 0 Å². The van der Waals surface area contributed by atoms with Gasteiger partial charge in [0.1, 0.15) is 6.04 Å². The van der Waals surface area contributed by atoms with E-state index < -0.39 is 17.9 Å². The van der Waals surface area contributed by atoms with Gasteiger partial charge in [0.05, 0.1) is 10.6 Å². The summed E-state index contributed by atoms with van der Waals surface area (Å²) in [5.74, 6) is 0.231. The maximum absolute atomic E-state index is 12.6. The van der Waals surface area contributed by atoms with Crippen molar-refractivity contribution in [2.75, 3.05) is 12.0 Å². The number of benzene rings is 2. The molecule has 1 atom stereocenters. The molecule has 0 fully saturated rings. The molecule has 0 aliphatic carbocycles. The Morgan fingerprint density at radius 2 is 1.90 bits per heavy atom. The second-order valence-corrected chi connectivity index (χ2v) is 7.67. The van der Waals surface area contributed by atoms with Crippen LogP contribution in [0.3, 0.4) is 0 Å². The third-order valence-corrected chi connectivity index (χ3v) is 5.13. The number of ether oxygens (including phenoxy) is 1. The summed E-state index contributed by atoms with van der Waals surface area (Å²) in [4.78, 5) is 29.3. The van der Waals surface area contributed by atoms with Gasteiger partial charge in [-0.05, 0) is 30.6 Å². The van der Waals surface area contributed by atoms with Gasteiger partial charge < -0.3 is 14.6 Å². The summed E-state index contributed by atoms with van der Waals surface area (Å²) in [7, 11) is 0. The van der Waals surface area contributed by atoms with Crippen molar-refractivity contribution in [3.8, 4) is 11.4 Å². The summed E-state index contributed by atoms with van der Waals surface area (Å²) in [6, 6.07) is 15.1. The Bertz CT molecular complexity index is 997. The summed E-state index contributed by atoms with van der Waals surface area (Å²) in [5, 5.41) is 6.90. The number of rotatable bonds is 9. The molecule has 0 bridgehead atoms. The minimum absolute atomic E-state index is 0.170. The lowest BCUT2D eigenvalue weighted by Gasteiger charge is -2.17. The van der Waals surface area contributed by atoms with E-state index in [4.69, 9.17) is 20.9 Å². The van der Waals surface area contributed by atoms with E-state index in [0.717, 1.165) is 5.56 Å². The molecule has 2 aromatic carbocycles. The minimum Gasteiger partial charge on any atom is -0.454 e. The van der Waals surface area contributed by atoms with Gasteiger partial charge in [-0.15, -0.1) is 0 Å². The third kappa shape index (κ3) is 5.84. The summed E-state index contributed by atoms with van der Waals surface area (Å²) in [6.07, 6.45) is 2.33. The van der Waals surface area contributed by atoms with E-state index in [1.165, 1.54) is 0 Å². The molecule has 7 nitrogen and oxygen atoms in total. The molecule has 1 aromatic heterocycles. The van der Waals surface area contributed by atoms with Crippen LogP contribution < -0.4 is 5.32 Å². The van der Waals surface area contributed by atoms with E-state index in [9.17, 15) is 9.59 Å². The Labute approximate surface area is 183 Å².